The van der Waals surface area contributed by atoms with Gasteiger partial charge in [-0.2, -0.15) is 0 Å². The Labute approximate surface area is 113 Å². The summed E-state index contributed by atoms with van der Waals surface area (Å²) in [6.45, 7) is 13.7. The highest BCUT2D eigenvalue weighted by molar-refractivity contribution is 5.72. The quantitative estimate of drug-likeness (QED) is 0.732. The van der Waals surface area contributed by atoms with E-state index in [1.165, 1.54) is 25.7 Å². The maximum Gasteiger partial charge on any atom is 0.308 e. The Bertz CT molecular complexity index is 224. The van der Waals surface area contributed by atoms with Gasteiger partial charge in [0.2, 0.25) is 0 Å². The van der Waals surface area contributed by atoms with Crippen molar-refractivity contribution < 1.29 is 9.90 Å². The summed E-state index contributed by atoms with van der Waals surface area (Å²) >= 11 is 0. The van der Waals surface area contributed by atoms with Crippen LogP contribution in [0, 0.1) is 11.3 Å². The highest BCUT2D eigenvalue weighted by Gasteiger charge is 2.19. The zero-order valence-electron chi connectivity index (χ0n) is 13.3. The third-order valence-electron chi connectivity index (χ3n) is 3.15. The van der Waals surface area contributed by atoms with Gasteiger partial charge in [0.25, 0.3) is 0 Å². The van der Waals surface area contributed by atoms with Crippen LogP contribution in [0.15, 0.2) is 0 Å². The van der Waals surface area contributed by atoms with Crippen LogP contribution in [-0.4, -0.2) is 16.6 Å². The Balaban J connectivity index is 0. The van der Waals surface area contributed by atoms with Crippen LogP contribution in [0.4, 0.5) is 0 Å². The van der Waals surface area contributed by atoms with Crippen molar-refractivity contribution in [1.82, 2.24) is 0 Å². The van der Waals surface area contributed by atoms with Gasteiger partial charge in [-0.3, -0.25) is 4.79 Å². The van der Waals surface area contributed by atoms with Gasteiger partial charge < -0.3 is 10.8 Å². The molecule has 0 aliphatic heterocycles. The first-order chi connectivity index (χ1) is 7.92. The van der Waals surface area contributed by atoms with Crippen molar-refractivity contribution in [1.29, 1.82) is 0 Å². The van der Waals surface area contributed by atoms with Crippen molar-refractivity contribution in [3.63, 3.8) is 0 Å². The molecule has 0 spiro atoms. The number of aliphatic carboxylic acids is 1. The molecular weight excluding hydrogens is 226 g/mol. The summed E-state index contributed by atoms with van der Waals surface area (Å²) in [6, 6.07) is 0. The molecule has 1 unspecified atom stereocenters. The predicted molar refractivity (Wildman–Crippen MR) is 78.7 cm³/mol. The van der Waals surface area contributed by atoms with E-state index in [9.17, 15) is 4.79 Å². The second-order valence-corrected chi connectivity index (χ2v) is 6.77. The molecule has 0 saturated carbocycles. The fourth-order valence-electron chi connectivity index (χ4n) is 1.07. The third-order valence-corrected chi connectivity index (χ3v) is 3.15. The lowest BCUT2D eigenvalue weighted by atomic mass is 9.86. The number of nitrogens with two attached hydrogens (primary N) is 1. The van der Waals surface area contributed by atoms with Gasteiger partial charge in [-0.15, -0.1) is 0 Å². The average molecular weight is 259 g/mol. The van der Waals surface area contributed by atoms with Crippen molar-refractivity contribution in [2.75, 3.05) is 0 Å². The summed E-state index contributed by atoms with van der Waals surface area (Å²) in [6.07, 6.45) is 5.26. The first-order valence-corrected chi connectivity index (χ1v) is 6.95. The summed E-state index contributed by atoms with van der Waals surface area (Å²) in [4.78, 5) is 10.0. The Kier molecular flexibility index (Phi) is 9.35. The molecule has 0 heterocycles. The minimum atomic E-state index is -0.757. The molecule has 0 aromatic heterocycles. The molecule has 0 aliphatic rings. The Morgan fingerprint density at radius 2 is 1.56 bits per heavy atom. The number of hydrogen-bond donors (Lipinski definition) is 2. The number of carboxylic acid groups (broad SMARTS) is 1. The second kappa shape index (κ2) is 8.52. The van der Waals surface area contributed by atoms with E-state index in [2.05, 4.69) is 27.7 Å². The van der Waals surface area contributed by atoms with Gasteiger partial charge >= 0.3 is 5.97 Å². The van der Waals surface area contributed by atoms with E-state index in [0.717, 1.165) is 0 Å². The normalized spacial score (nSPS) is 13.6. The number of rotatable bonds is 5. The number of carbonyl (C=O) groups is 1. The number of hydrogen-bond acceptors (Lipinski definition) is 2. The first kappa shape index (κ1) is 19.8. The van der Waals surface area contributed by atoms with Crippen LogP contribution < -0.4 is 5.73 Å². The van der Waals surface area contributed by atoms with Gasteiger partial charge in [-0.25, -0.2) is 0 Å². The molecule has 1 atom stereocenters. The van der Waals surface area contributed by atoms with E-state index >= 15 is 0 Å². The lowest BCUT2D eigenvalue weighted by molar-refractivity contribution is -0.145. The molecule has 0 amide bonds. The van der Waals surface area contributed by atoms with E-state index in [0.29, 0.717) is 5.92 Å². The van der Waals surface area contributed by atoms with Crippen LogP contribution in [-0.2, 0) is 4.79 Å². The van der Waals surface area contributed by atoms with Crippen molar-refractivity contribution >= 4 is 5.97 Å². The molecule has 0 fully saturated rings. The van der Waals surface area contributed by atoms with Gasteiger partial charge in [0, 0.05) is 5.54 Å². The fraction of sp³-hybridized carbons (Fsp3) is 0.933. The minimum absolute atomic E-state index is 0.00768. The molecule has 3 N–H and O–H groups in total. The lowest BCUT2D eigenvalue weighted by Gasteiger charge is -2.27. The largest absolute Gasteiger partial charge is 0.481 e. The predicted octanol–water partition coefficient (Wildman–Crippen LogP) is 4.06. The van der Waals surface area contributed by atoms with Crippen molar-refractivity contribution in [2.45, 2.75) is 79.7 Å². The Morgan fingerprint density at radius 1 is 1.17 bits per heavy atom. The van der Waals surface area contributed by atoms with Crippen LogP contribution >= 0.6 is 0 Å². The van der Waals surface area contributed by atoms with E-state index in [1.54, 1.807) is 20.8 Å². The molecular formula is C15H33NO2. The molecule has 0 aromatic carbocycles. The fourth-order valence-corrected chi connectivity index (χ4v) is 1.07. The van der Waals surface area contributed by atoms with Crippen molar-refractivity contribution in [3.8, 4) is 0 Å². The van der Waals surface area contributed by atoms with E-state index in [-0.39, 0.29) is 5.54 Å². The summed E-state index contributed by atoms with van der Waals surface area (Å²) in [5.41, 5.74) is 5.39. The van der Waals surface area contributed by atoms with Crippen LogP contribution in [0.1, 0.15) is 74.1 Å². The highest BCUT2D eigenvalue weighted by Crippen LogP contribution is 2.19. The molecule has 110 valence electrons. The molecule has 0 rings (SSSR count). The van der Waals surface area contributed by atoms with Crippen molar-refractivity contribution in [3.05, 3.63) is 0 Å². The molecule has 0 aliphatic carbocycles. The van der Waals surface area contributed by atoms with Crippen LogP contribution in [0.25, 0.3) is 0 Å². The monoisotopic (exact) mass is 259 g/mol. The van der Waals surface area contributed by atoms with Crippen molar-refractivity contribution in [2.24, 2.45) is 17.1 Å². The van der Waals surface area contributed by atoms with Gasteiger partial charge in [-0.1, -0.05) is 33.1 Å². The summed E-state index contributed by atoms with van der Waals surface area (Å²) in [7, 11) is 0. The maximum atomic E-state index is 10.0. The SMILES string of the molecule is CC(C)(C)C(=O)O.CCCCCC(C)C(C)(C)N. The molecule has 3 heteroatoms. The van der Waals surface area contributed by atoms with Crippen LogP contribution in [0.2, 0.25) is 0 Å². The average Bonchev–Trinajstić information content (AvgIpc) is 2.15. The van der Waals surface area contributed by atoms with E-state index in [4.69, 9.17) is 10.8 Å². The van der Waals surface area contributed by atoms with Gasteiger partial charge in [-0.05, 0) is 47.0 Å². The van der Waals surface area contributed by atoms with Crippen LogP contribution in [0.3, 0.4) is 0 Å². The van der Waals surface area contributed by atoms with Gasteiger partial charge in [0.1, 0.15) is 0 Å². The number of unbranched alkanes of at least 4 members (excludes halogenated alkanes) is 2. The Morgan fingerprint density at radius 3 is 1.78 bits per heavy atom. The first-order valence-electron chi connectivity index (χ1n) is 6.95. The summed E-state index contributed by atoms with van der Waals surface area (Å²) in [5, 5.41) is 8.25. The Hall–Kier alpha value is -0.570. The van der Waals surface area contributed by atoms with Crippen LogP contribution in [0.5, 0.6) is 0 Å². The molecule has 0 saturated heterocycles. The standard InChI is InChI=1S/C10H23N.C5H10O2/c1-5-6-7-8-9(2)10(3,4)11;1-5(2,3)4(6)7/h9H,5-8,11H2,1-4H3;1-3H3,(H,6,7). The smallest absolute Gasteiger partial charge is 0.308 e. The molecule has 0 bridgehead atoms. The second-order valence-electron chi connectivity index (χ2n) is 6.77. The molecule has 0 radical (unpaired) electrons. The lowest BCUT2D eigenvalue weighted by Crippen LogP contribution is -2.39. The van der Waals surface area contributed by atoms with E-state index < -0.39 is 11.4 Å². The minimum Gasteiger partial charge on any atom is -0.481 e. The van der Waals surface area contributed by atoms with Gasteiger partial charge in [0.05, 0.1) is 5.41 Å². The zero-order chi connectivity index (χ0) is 15.0. The number of carboxylic acids is 1. The third kappa shape index (κ3) is 11.9. The highest BCUT2D eigenvalue weighted by atomic mass is 16.4. The van der Waals surface area contributed by atoms with Gasteiger partial charge in [0.15, 0.2) is 0 Å². The maximum absolute atomic E-state index is 10.0. The topological polar surface area (TPSA) is 63.3 Å². The van der Waals surface area contributed by atoms with E-state index in [1.807, 2.05) is 0 Å². The zero-order valence-corrected chi connectivity index (χ0v) is 13.3. The molecule has 18 heavy (non-hydrogen) atoms. The summed E-state index contributed by atoms with van der Waals surface area (Å²) in [5.74, 6) is -0.110. The summed E-state index contributed by atoms with van der Waals surface area (Å²) < 4.78 is 0. The molecule has 0 aromatic rings. The molecule has 3 nitrogen and oxygen atoms in total.